The zero-order chi connectivity index (χ0) is 15.9. The number of aromatic nitrogens is 2. The maximum atomic E-state index is 13.7. The molecule has 0 aliphatic rings. The number of nitrogens with zero attached hydrogens (tertiary/aromatic N) is 2. The summed E-state index contributed by atoms with van der Waals surface area (Å²) in [4.78, 5) is 15.9. The summed E-state index contributed by atoms with van der Waals surface area (Å²) in [5.41, 5.74) is 1.12. The smallest absolute Gasteiger partial charge is 0.233 e. The number of imidazole rings is 1. The summed E-state index contributed by atoms with van der Waals surface area (Å²) in [7, 11) is 3.46. The van der Waals surface area contributed by atoms with Crippen molar-refractivity contribution >= 4 is 41.8 Å². The second-order valence-corrected chi connectivity index (χ2v) is 4.96. The number of para-hydroxylation sites is 1. The quantitative estimate of drug-likeness (QED) is 0.680. The largest absolute Gasteiger partial charge is 0.383 e. The lowest BCUT2D eigenvalue weighted by molar-refractivity contribution is -0.120. The normalized spacial score (nSPS) is 10.1. The fourth-order valence-electron chi connectivity index (χ4n) is 2.20. The molecule has 1 heterocycles. The highest BCUT2D eigenvalue weighted by Gasteiger charge is 2.11. The predicted molar refractivity (Wildman–Crippen MR) is 96.6 cm³/mol. The predicted octanol–water partition coefficient (Wildman–Crippen LogP) is 1.45. The Kier molecular flexibility index (Phi) is 10.5. The topological polar surface area (TPSA) is 68.2 Å². The standard InChI is InChI=1S/C15H21FN4O2.2ClH/c1-20-12-5-3-4-11(16)15(12)19-13(20)6-7-18-14(21)10-17-8-9-22-2;;/h3-5,17H,6-10H2,1-2H3,(H,18,21);2*1H. The van der Waals surface area contributed by atoms with E-state index in [2.05, 4.69) is 15.6 Å². The van der Waals surface area contributed by atoms with E-state index in [-0.39, 0.29) is 43.1 Å². The first-order valence-corrected chi connectivity index (χ1v) is 7.19. The molecule has 136 valence electrons. The monoisotopic (exact) mass is 380 g/mol. The van der Waals surface area contributed by atoms with Crippen LogP contribution in [0.1, 0.15) is 5.82 Å². The maximum Gasteiger partial charge on any atom is 0.233 e. The van der Waals surface area contributed by atoms with Gasteiger partial charge in [0.05, 0.1) is 18.7 Å². The van der Waals surface area contributed by atoms with Crippen molar-refractivity contribution in [1.29, 1.82) is 0 Å². The number of methoxy groups -OCH3 is 1. The summed E-state index contributed by atoms with van der Waals surface area (Å²) in [5.74, 6) is 0.333. The molecule has 0 fully saturated rings. The summed E-state index contributed by atoms with van der Waals surface area (Å²) in [6.45, 7) is 1.91. The molecule has 0 atom stereocenters. The van der Waals surface area contributed by atoms with Gasteiger partial charge < -0.3 is 19.9 Å². The molecule has 0 saturated carbocycles. The van der Waals surface area contributed by atoms with Crippen molar-refractivity contribution < 1.29 is 13.9 Å². The number of carbonyl (C=O) groups is 1. The van der Waals surface area contributed by atoms with Crippen molar-refractivity contribution in [2.45, 2.75) is 6.42 Å². The van der Waals surface area contributed by atoms with E-state index in [1.54, 1.807) is 13.2 Å². The first-order chi connectivity index (χ1) is 10.6. The number of carbonyl (C=O) groups excluding carboxylic acids is 1. The van der Waals surface area contributed by atoms with E-state index in [1.165, 1.54) is 6.07 Å². The molecule has 0 aliphatic heterocycles. The van der Waals surface area contributed by atoms with Crippen molar-refractivity contribution in [3.05, 3.63) is 29.8 Å². The minimum Gasteiger partial charge on any atom is -0.383 e. The van der Waals surface area contributed by atoms with Crippen LogP contribution in [0.5, 0.6) is 0 Å². The van der Waals surface area contributed by atoms with Crippen LogP contribution >= 0.6 is 24.8 Å². The Hall–Kier alpha value is -1.41. The molecule has 6 nitrogen and oxygen atoms in total. The first-order valence-electron chi connectivity index (χ1n) is 7.19. The van der Waals surface area contributed by atoms with E-state index in [9.17, 15) is 9.18 Å². The van der Waals surface area contributed by atoms with Crippen LogP contribution in [0.4, 0.5) is 4.39 Å². The Balaban J connectivity index is 0.00000264. The van der Waals surface area contributed by atoms with Gasteiger partial charge in [-0.15, -0.1) is 24.8 Å². The molecule has 0 unspecified atom stereocenters. The Morgan fingerprint density at radius 3 is 2.75 bits per heavy atom. The summed E-state index contributed by atoms with van der Waals surface area (Å²) in [6, 6.07) is 4.89. The van der Waals surface area contributed by atoms with E-state index in [4.69, 9.17) is 4.74 Å². The molecule has 1 aromatic heterocycles. The van der Waals surface area contributed by atoms with Crippen LogP contribution in [0, 0.1) is 5.82 Å². The Labute approximate surface area is 153 Å². The van der Waals surface area contributed by atoms with E-state index >= 15 is 0 Å². The van der Waals surface area contributed by atoms with Gasteiger partial charge in [-0.25, -0.2) is 9.37 Å². The van der Waals surface area contributed by atoms with Crippen molar-refractivity contribution in [2.75, 3.05) is 33.4 Å². The van der Waals surface area contributed by atoms with Crippen LogP contribution in [0.2, 0.25) is 0 Å². The number of hydrogen-bond donors (Lipinski definition) is 2. The van der Waals surface area contributed by atoms with Crippen LogP contribution < -0.4 is 10.6 Å². The number of aryl methyl sites for hydroxylation is 1. The van der Waals surface area contributed by atoms with Gasteiger partial charge in [-0.2, -0.15) is 0 Å². The van der Waals surface area contributed by atoms with E-state index < -0.39 is 0 Å². The van der Waals surface area contributed by atoms with Crippen molar-refractivity contribution in [1.82, 2.24) is 20.2 Å². The Morgan fingerprint density at radius 1 is 1.33 bits per heavy atom. The molecule has 1 amide bonds. The molecule has 24 heavy (non-hydrogen) atoms. The van der Waals surface area contributed by atoms with Gasteiger partial charge in [0.2, 0.25) is 5.91 Å². The maximum absolute atomic E-state index is 13.7. The van der Waals surface area contributed by atoms with Gasteiger partial charge in [-0.05, 0) is 12.1 Å². The molecule has 0 saturated heterocycles. The lowest BCUT2D eigenvalue weighted by Gasteiger charge is -2.06. The first kappa shape index (κ1) is 22.6. The molecule has 2 aromatic rings. The lowest BCUT2D eigenvalue weighted by atomic mass is 10.3. The van der Waals surface area contributed by atoms with E-state index in [0.717, 1.165) is 11.3 Å². The van der Waals surface area contributed by atoms with E-state index in [0.29, 0.717) is 31.6 Å². The lowest BCUT2D eigenvalue weighted by Crippen LogP contribution is -2.36. The third kappa shape index (κ3) is 5.90. The Bertz CT molecular complexity index is 652. The van der Waals surface area contributed by atoms with Gasteiger partial charge in [0, 0.05) is 33.7 Å². The average molecular weight is 381 g/mol. The van der Waals surface area contributed by atoms with Crippen molar-refractivity contribution in [3.63, 3.8) is 0 Å². The number of nitrogens with one attached hydrogen (secondary N) is 2. The van der Waals surface area contributed by atoms with Gasteiger partial charge in [0.25, 0.3) is 0 Å². The summed E-state index contributed by atoms with van der Waals surface area (Å²) >= 11 is 0. The highest BCUT2D eigenvalue weighted by atomic mass is 35.5. The summed E-state index contributed by atoms with van der Waals surface area (Å²) in [5, 5.41) is 5.77. The molecule has 0 bridgehead atoms. The fourth-order valence-corrected chi connectivity index (χ4v) is 2.20. The van der Waals surface area contributed by atoms with E-state index in [1.807, 2.05) is 17.7 Å². The van der Waals surface area contributed by atoms with Gasteiger partial charge in [-0.3, -0.25) is 4.79 Å². The van der Waals surface area contributed by atoms with Gasteiger partial charge in [0.1, 0.15) is 11.3 Å². The van der Waals surface area contributed by atoms with Gasteiger partial charge in [-0.1, -0.05) is 6.07 Å². The van der Waals surface area contributed by atoms with Crippen LogP contribution in [0.3, 0.4) is 0 Å². The molecule has 9 heteroatoms. The number of fused-ring (bicyclic) bond motifs is 1. The average Bonchev–Trinajstić information content (AvgIpc) is 2.82. The molecule has 2 N–H and O–H groups in total. The number of halogens is 3. The second kappa shape index (κ2) is 11.2. The minimum absolute atomic E-state index is 0. The third-order valence-corrected chi connectivity index (χ3v) is 3.39. The third-order valence-electron chi connectivity index (χ3n) is 3.39. The van der Waals surface area contributed by atoms with Gasteiger partial charge in [0.15, 0.2) is 5.82 Å². The van der Waals surface area contributed by atoms with Crippen molar-refractivity contribution in [2.24, 2.45) is 7.05 Å². The zero-order valence-corrected chi connectivity index (χ0v) is 15.3. The van der Waals surface area contributed by atoms with Crippen LogP contribution in [-0.4, -0.2) is 48.8 Å². The van der Waals surface area contributed by atoms with Crippen LogP contribution in [0.25, 0.3) is 11.0 Å². The number of ether oxygens (including phenoxy) is 1. The highest BCUT2D eigenvalue weighted by Crippen LogP contribution is 2.17. The molecular formula is C15H23Cl2FN4O2. The number of rotatable bonds is 8. The van der Waals surface area contributed by atoms with Gasteiger partial charge >= 0.3 is 0 Å². The summed E-state index contributed by atoms with van der Waals surface area (Å²) in [6.07, 6.45) is 0.550. The number of benzene rings is 1. The minimum atomic E-state index is -0.328. The molecule has 0 aliphatic carbocycles. The molecule has 2 rings (SSSR count). The molecule has 1 aromatic carbocycles. The highest BCUT2D eigenvalue weighted by molar-refractivity contribution is 5.85. The molecule has 0 spiro atoms. The van der Waals surface area contributed by atoms with Crippen LogP contribution in [0.15, 0.2) is 18.2 Å². The van der Waals surface area contributed by atoms with Crippen molar-refractivity contribution in [3.8, 4) is 0 Å². The molecule has 0 radical (unpaired) electrons. The number of hydrogen-bond acceptors (Lipinski definition) is 4. The second-order valence-electron chi connectivity index (χ2n) is 4.96. The SMILES string of the molecule is COCCNCC(=O)NCCc1nc2c(F)cccc2n1C.Cl.Cl. The van der Waals surface area contributed by atoms with Crippen LogP contribution in [-0.2, 0) is 23.0 Å². The number of amides is 1. The summed E-state index contributed by atoms with van der Waals surface area (Å²) < 4.78 is 20.4. The molecular weight excluding hydrogens is 358 g/mol. The zero-order valence-electron chi connectivity index (χ0n) is 13.7. The fraction of sp³-hybridized carbons (Fsp3) is 0.467. The Morgan fingerprint density at radius 2 is 2.08 bits per heavy atom.